The maximum absolute atomic E-state index is 12.4. The van der Waals surface area contributed by atoms with Gasteiger partial charge in [0, 0.05) is 0 Å². The fourth-order valence-corrected chi connectivity index (χ4v) is 2.31. The summed E-state index contributed by atoms with van der Waals surface area (Å²) in [5, 5.41) is 2.73. The number of benzene rings is 2. The molecule has 0 radical (unpaired) electrons. The maximum Gasteiger partial charge on any atom is 0.325 e. The van der Waals surface area contributed by atoms with E-state index in [1.54, 1.807) is 0 Å². The molecule has 1 fully saturated rings. The van der Waals surface area contributed by atoms with Crippen LogP contribution in [0.15, 0.2) is 60.7 Å². The lowest BCUT2D eigenvalue weighted by Gasteiger charge is -2.13. The van der Waals surface area contributed by atoms with E-state index in [4.69, 9.17) is 0 Å². The van der Waals surface area contributed by atoms with Crippen LogP contribution < -0.4 is 5.32 Å². The van der Waals surface area contributed by atoms with E-state index in [9.17, 15) is 9.59 Å². The highest BCUT2D eigenvalue weighted by Gasteiger charge is 2.38. The molecule has 3 amide bonds. The van der Waals surface area contributed by atoms with E-state index < -0.39 is 6.04 Å². The lowest BCUT2D eigenvalue weighted by molar-refractivity contribution is -0.128. The Morgan fingerprint density at radius 2 is 1.50 bits per heavy atom. The number of hydrogen-bond donors (Lipinski definition) is 1. The number of nitrogens with one attached hydrogen (secondary N) is 1. The summed E-state index contributed by atoms with van der Waals surface area (Å²) in [5.41, 5.74) is 1.74. The molecule has 1 saturated heterocycles. The summed E-state index contributed by atoms with van der Waals surface area (Å²) in [4.78, 5) is 25.6. The number of amides is 3. The number of nitrogens with zero attached hydrogens (tertiary/aromatic N) is 1. The molecule has 1 atom stereocenters. The Balaban J connectivity index is 1.81. The first kappa shape index (κ1) is 12.4. The molecule has 2 aromatic carbocycles. The van der Waals surface area contributed by atoms with Gasteiger partial charge in [-0.1, -0.05) is 60.7 Å². The minimum atomic E-state index is -0.576. The second kappa shape index (κ2) is 5.17. The Morgan fingerprint density at radius 3 is 2.15 bits per heavy atom. The van der Waals surface area contributed by atoms with Crippen molar-refractivity contribution in [2.75, 3.05) is 0 Å². The topological polar surface area (TPSA) is 49.4 Å². The third-order valence-electron chi connectivity index (χ3n) is 3.34. The van der Waals surface area contributed by atoms with E-state index in [-0.39, 0.29) is 11.9 Å². The third-order valence-corrected chi connectivity index (χ3v) is 3.34. The summed E-state index contributed by atoms with van der Waals surface area (Å²) in [7, 11) is 0. The zero-order valence-corrected chi connectivity index (χ0v) is 10.8. The molecule has 1 heterocycles. The first-order chi connectivity index (χ1) is 9.75. The highest BCUT2D eigenvalue weighted by molar-refractivity contribution is 6.04. The second-order valence-electron chi connectivity index (χ2n) is 4.70. The van der Waals surface area contributed by atoms with Crippen molar-refractivity contribution in [3.63, 3.8) is 0 Å². The molecule has 4 heteroatoms. The van der Waals surface area contributed by atoms with Crippen molar-refractivity contribution in [1.29, 1.82) is 0 Å². The Labute approximate surface area is 117 Å². The molecular formula is C16H14N2O2. The minimum absolute atomic E-state index is 0.204. The molecule has 3 rings (SSSR count). The molecule has 100 valence electrons. The van der Waals surface area contributed by atoms with Crippen LogP contribution in [0.5, 0.6) is 0 Å². The second-order valence-corrected chi connectivity index (χ2v) is 4.70. The average Bonchev–Trinajstić information content (AvgIpc) is 2.77. The molecule has 20 heavy (non-hydrogen) atoms. The Hall–Kier alpha value is -2.62. The lowest BCUT2D eigenvalue weighted by Crippen LogP contribution is -2.30. The van der Waals surface area contributed by atoms with Crippen LogP contribution in [0.1, 0.15) is 17.2 Å². The van der Waals surface area contributed by atoms with Crippen molar-refractivity contribution in [2.24, 2.45) is 0 Å². The molecule has 1 aliphatic heterocycles. The van der Waals surface area contributed by atoms with Gasteiger partial charge in [0.15, 0.2) is 0 Å². The van der Waals surface area contributed by atoms with Crippen LogP contribution in [0, 0.1) is 0 Å². The maximum atomic E-state index is 12.4. The SMILES string of the molecule is O=C1NC(c2ccccc2)C(=O)N1Cc1ccccc1. The van der Waals surface area contributed by atoms with Gasteiger partial charge < -0.3 is 5.32 Å². The normalized spacial score (nSPS) is 18.2. The zero-order chi connectivity index (χ0) is 13.9. The van der Waals surface area contributed by atoms with Gasteiger partial charge in [-0.3, -0.25) is 9.69 Å². The van der Waals surface area contributed by atoms with E-state index in [0.717, 1.165) is 11.1 Å². The number of urea groups is 1. The summed E-state index contributed by atoms with van der Waals surface area (Å²) < 4.78 is 0. The first-order valence-electron chi connectivity index (χ1n) is 6.46. The number of carbonyl (C=O) groups is 2. The summed E-state index contributed by atoms with van der Waals surface area (Å²) in [6.07, 6.45) is 0. The van der Waals surface area contributed by atoms with E-state index in [1.165, 1.54) is 4.90 Å². The van der Waals surface area contributed by atoms with E-state index in [0.29, 0.717) is 6.54 Å². The van der Waals surface area contributed by atoms with Crippen molar-refractivity contribution in [3.8, 4) is 0 Å². The van der Waals surface area contributed by atoms with Gasteiger partial charge in [-0.05, 0) is 11.1 Å². The summed E-state index contributed by atoms with van der Waals surface area (Å²) >= 11 is 0. The van der Waals surface area contributed by atoms with Crippen LogP contribution in [-0.2, 0) is 11.3 Å². The largest absolute Gasteiger partial charge is 0.325 e. The summed E-state index contributed by atoms with van der Waals surface area (Å²) in [5.74, 6) is -0.204. The minimum Gasteiger partial charge on any atom is -0.322 e. The molecule has 4 nitrogen and oxygen atoms in total. The van der Waals surface area contributed by atoms with Crippen LogP contribution >= 0.6 is 0 Å². The number of imide groups is 1. The van der Waals surface area contributed by atoms with E-state index in [2.05, 4.69) is 5.32 Å². The van der Waals surface area contributed by atoms with Gasteiger partial charge in [-0.2, -0.15) is 0 Å². The standard InChI is InChI=1S/C16H14N2O2/c19-15-14(13-9-5-2-6-10-13)17-16(20)18(15)11-12-7-3-1-4-8-12/h1-10,14H,11H2,(H,17,20). The van der Waals surface area contributed by atoms with E-state index >= 15 is 0 Å². The Kier molecular flexibility index (Phi) is 3.21. The summed E-state index contributed by atoms with van der Waals surface area (Å²) in [6.45, 7) is 0.300. The predicted molar refractivity (Wildman–Crippen MR) is 74.7 cm³/mol. The Morgan fingerprint density at radius 1 is 0.900 bits per heavy atom. The van der Waals surface area contributed by atoms with Gasteiger partial charge in [0.1, 0.15) is 6.04 Å². The molecule has 0 saturated carbocycles. The molecule has 0 aliphatic carbocycles. The van der Waals surface area contributed by atoms with Crippen LogP contribution in [0.2, 0.25) is 0 Å². The van der Waals surface area contributed by atoms with Gasteiger partial charge in [0.25, 0.3) is 5.91 Å². The van der Waals surface area contributed by atoms with Gasteiger partial charge in [-0.25, -0.2) is 4.79 Å². The number of rotatable bonds is 3. The molecule has 0 spiro atoms. The van der Waals surface area contributed by atoms with Crippen LogP contribution in [0.3, 0.4) is 0 Å². The first-order valence-corrected chi connectivity index (χ1v) is 6.46. The van der Waals surface area contributed by atoms with Crippen molar-refractivity contribution in [2.45, 2.75) is 12.6 Å². The van der Waals surface area contributed by atoms with Crippen LogP contribution in [0.25, 0.3) is 0 Å². The highest BCUT2D eigenvalue weighted by Crippen LogP contribution is 2.23. The van der Waals surface area contributed by atoms with Gasteiger partial charge in [0.2, 0.25) is 0 Å². The fourth-order valence-electron chi connectivity index (χ4n) is 2.31. The van der Waals surface area contributed by atoms with Crippen molar-refractivity contribution >= 4 is 11.9 Å². The smallest absolute Gasteiger partial charge is 0.322 e. The highest BCUT2D eigenvalue weighted by atomic mass is 16.2. The van der Waals surface area contributed by atoms with Gasteiger partial charge in [0.05, 0.1) is 6.54 Å². The molecule has 1 N–H and O–H groups in total. The van der Waals surface area contributed by atoms with Crippen LogP contribution in [-0.4, -0.2) is 16.8 Å². The molecule has 0 aromatic heterocycles. The third kappa shape index (κ3) is 2.28. The molecule has 1 unspecified atom stereocenters. The molecular weight excluding hydrogens is 252 g/mol. The monoisotopic (exact) mass is 266 g/mol. The van der Waals surface area contributed by atoms with E-state index in [1.807, 2.05) is 60.7 Å². The quantitative estimate of drug-likeness (QED) is 0.868. The predicted octanol–water partition coefficient (Wildman–Crippen LogP) is 2.48. The van der Waals surface area contributed by atoms with Crippen LogP contribution in [0.4, 0.5) is 4.79 Å². The van der Waals surface area contributed by atoms with Crippen molar-refractivity contribution < 1.29 is 9.59 Å². The van der Waals surface area contributed by atoms with Crippen molar-refractivity contribution in [3.05, 3.63) is 71.8 Å². The Bertz CT molecular complexity index is 625. The van der Waals surface area contributed by atoms with Gasteiger partial charge in [-0.15, -0.1) is 0 Å². The van der Waals surface area contributed by atoms with Gasteiger partial charge >= 0.3 is 6.03 Å². The summed E-state index contributed by atoms with van der Waals surface area (Å²) in [6, 6.07) is 17.8. The molecule has 0 bridgehead atoms. The molecule has 1 aliphatic rings. The lowest BCUT2D eigenvalue weighted by atomic mass is 10.1. The average molecular weight is 266 g/mol. The van der Waals surface area contributed by atoms with Crippen molar-refractivity contribution in [1.82, 2.24) is 10.2 Å². The number of carbonyl (C=O) groups excluding carboxylic acids is 2. The molecule has 2 aromatic rings. The fraction of sp³-hybridized carbons (Fsp3) is 0.125. The number of hydrogen-bond acceptors (Lipinski definition) is 2. The zero-order valence-electron chi connectivity index (χ0n) is 10.8.